The third-order valence-corrected chi connectivity index (χ3v) is 3.94. The van der Waals surface area contributed by atoms with Gasteiger partial charge in [-0.05, 0) is 31.4 Å². The zero-order valence-electron chi connectivity index (χ0n) is 12.8. The fourth-order valence-corrected chi connectivity index (χ4v) is 2.69. The molecular weight excluding hydrogens is 270 g/mol. The van der Waals surface area contributed by atoms with Crippen molar-refractivity contribution in [3.05, 3.63) is 77.5 Å². The molecule has 0 saturated heterocycles. The molecule has 110 valence electrons. The summed E-state index contributed by atoms with van der Waals surface area (Å²) in [6.07, 6.45) is 4.13. The number of hydrogen-bond acceptors (Lipinski definition) is 2. The Bertz CT molecular complexity index is 785. The maximum Gasteiger partial charge on any atom is 0.162 e. The first-order valence-corrected chi connectivity index (χ1v) is 7.66. The summed E-state index contributed by atoms with van der Waals surface area (Å²) < 4.78 is 0. The Morgan fingerprint density at radius 2 is 1.77 bits per heavy atom. The van der Waals surface area contributed by atoms with Crippen LogP contribution in [0.5, 0.6) is 0 Å². The predicted molar refractivity (Wildman–Crippen MR) is 90.2 cm³/mol. The quantitative estimate of drug-likeness (QED) is 0.634. The molecule has 0 fully saturated rings. The van der Waals surface area contributed by atoms with Crippen molar-refractivity contribution in [3.8, 4) is 0 Å². The van der Waals surface area contributed by atoms with Crippen molar-refractivity contribution in [3.63, 3.8) is 0 Å². The van der Waals surface area contributed by atoms with Crippen molar-refractivity contribution in [2.45, 2.75) is 26.2 Å². The number of rotatable bonds is 5. The molecule has 2 nitrogen and oxygen atoms in total. The minimum absolute atomic E-state index is 0.216. The number of aryl methyl sites for hydroxylation is 2. The fourth-order valence-electron chi connectivity index (χ4n) is 2.69. The zero-order valence-corrected chi connectivity index (χ0v) is 12.8. The summed E-state index contributed by atoms with van der Waals surface area (Å²) in [5.41, 5.74) is 4.25. The number of nitrogens with zero attached hydrogens (tertiary/aromatic N) is 1. The maximum atomic E-state index is 12.2. The molecule has 2 aromatic carbocycles. The van der Waals surface area contributed by atoms with Gasteiger partial charge in [-0.3, -0.25) is 9.78 Å². The lowest BCUT2D eigenvalue weighted by Crippen LogP contribution is -2.00. The molecule has 0 amide bonds. The highest BCUT2D eigenvalue weighted by atomic mass is 16.1. The van der Waals surface area contributed by atoms with Crippen molar-refractivity contribution in [1.29, 1.82) is 0 Å². The summed E-state index contributed by atoms with van der Waals surface area (Å²) in [5.74, 6) is 0.216. The van der Waals surface area contributed by atoms with Gasteiger partial charge < -0.3 is 0 Å². The number of hydrogen-bond donors (Lipinski definition) is 0. The van der Waals surface area contributed by atoms with Crippen LogP contribution in [0.4, 0.5) is 0 Å². The van der Waals surface area contributed by atoms with Gasteiger partial charge >= 0.3 is 0 Å². The van der Waals surface area contributed by atoms with Crippen LogP contribution in [0.2, 0.25) is 0 Å². The van der Waals surface area contributed by atoms with Crippen LogP contribution in [0.15, 0.2) is 60.8 Å². The van der Waals surface area contributed by atoms with Crippen LogP contribution in [0.3, 0.4) is 0 Å². The van der Waals surface area contributed by atoms with E-state index in [1.807, 2.05) is 43.5 Å². The molecule has 0 spiro atoms. The Balaban J connectivity index is 1.65. The number of pyridine rings is 1. The van der Waals surface area contributed by atoms with E-state index in [9.17, 15) is 4.79 Å². The number of aromatic nitrogens is 1. The minimum atomic E-state index is 0.216. The van der Waals surface area contributed by atoms with Gasteiger partial charge in [-0.25, -0.2) is 0 Å². The smallest absolute Gasteiger partial charge is 0.162 e. The summed E-state index contributed by atoms with van der Waals surface area (Å²) >= 11 is 0. The Kier molecular flexibility index (Phi) is 4.29. The van der Waals surface area contributed by atoms with Gasteiger partial charge in [-0.1, -0.05) is 54.1 Å². The van der Waals surface area contributed by atoms with Crippen molar-refractivity contribution in [2.75, 3.05) is 0 Å². The van der Waals surface area contributed by atoms with Crippen LogP contribution in [-0.4, -0.2) is 10.8 Å². The topological polar surface area (TPSA) is 30.0 Å². The van der Waals surface area contributed by atoms with E-state index in [1.54, 1.807) is 0 Å². The lowest BCUT2D eigenvalue weighted by molar-refractivity contribution is 0.0980. The second-order valence-electron chi connectivity index (χ2n) is 5.64. The highest BCUT2D eigenvalue weighted by Gasteiger charge is 2.07. The Morgan fingerprint density at radius 3 is 2.59 bits per heavy atom. The van der Waals surface area contributed by atoms with Gasteiger partial charge in [-0.15, -0.1) is 0 Å². The van der Waals surface area contributed by atoms with Gasteiger partial charge in [0.15, 0.2) is 5.78 Å². The van der Waals surface area contributed by atoms with Crippen LogP contribution in [0.1, 0.15) is 34.3 Å². The second kappa shape index (κ2) is 6.52. The summed E-state index contributed by atoms with van der Waals surface area (Å²) in [7, 11) is 0. The first-order valence-electron chi connectivity index (χ1n) is 7.66. The first kappa shape index (κ1) is 14.5. The van der Waals surface area contributed by atoms with Crippen molar-refractivity contribution in [2.24, 2.45) is 0 Å². The molecule has 0 aliphatic heterocycles. The second-order valence-corrected chi connectivity index (χ2v) is 5.64. The van der Waals surface area contributed by atoms with Crippen LogP contribution in [0, 0.1) is 6.92 Å². The molecule has 0 aliphatic carbocycles. The average molecular weight is 289 g/mol. The predicted octanol–water partition coefficient (Wildman–Crippen LogP) is 4.75. The zero-order chi connectivity index (χ0) is 15.4. The van der Waals surface area contributed by atoms with E-state index < -0.39 is 0 Å². The van der Waals surface area contributed by atoms with E-state index >= 15 is 0 Å². The van der Waals surface area contributed by atoms with Gasteiger partial charge in [0.25, 0.3) is 0 Å². The summed E-state index contributed by atoms with van der Waals surface area (Å²) in [6.45, 7) is 2.03. The van der Waals surface area contributed by atoms with Crippen LogP contribution < -0.4 is 0 Å². The third-order valence-electron chi connectivity index (χ3n) is 3.94. The monoisotopic (exact) mass is 289 g/mol. The van der Waals surface area contributed by atoms with E-state index in [4.69, 9.17) is 0 Å². The van der Waals surface area contributed by atoms with Crippen LogP contribution in [-0.2, 0) is 6.42 Å². The van der Waals surface area contributed by atoms with Crippen LogP contribution in [0.25, 0.3) is 10.9 Å². The first-order chi connectivity index (χ1) is 10.7. The molecule has 3 rings (SSSR count). The molecular formula is C20H19NO. The van der Waals surface area contributed by atoms with Crippen molar-refractivity contribution >= 4 is 16.7 Å². The summed E-state index contributed by atoms with van der Waals surface area (Å²) in [5, 5.41) is 1.16. The van der Waals surface area contributed by atoms with E-state index in [2.05, 4.69) is 29.2 Å². The average Bonchev–Trinajstić information content (AvgIpc) is 2.55. The molecule has 0 radical (unpaired) electrons. The summed E-state index contributed by atoms with van der Waals surface area (Å²) in [4.78, 5) is 16.7. The summed E-state index contributed by atoms with van der Waals surface area (Å²) in [6, 6.07) is 18.1. The molecule has 1 aromatic heterocycles. The molecule has 2 heteroatoms. The Labute approximate surface area is 130 Å². The number of carbonyl (C=O) groups is 1. The molecule has 3 aromatic rings. The molecule has 0 saturated carbocycles. The highest BCUT2D eigenvalue weighted by molar-refractivity contribution is 5.96. The van der Waals surface area contributed by atoms with Gasteiger partial charge in [0.05, 0.1) is 5.52 Å². The van der Waals surface area contributed by atoms with Gasteiger partial charge in [0.1, 0.15) is 0 Å². The number of fused-ring (bicyclic) bond motifs is 1. The van der Waals surface area contributed by atoms with Crippen molar-refractivity contribution < 1.29 is 4.79 Å². The minimum Gasteiger partial charge on any atom is -0.294 e. The lowest BCUT2D eigenvalue weighted by Gasteiger charge is -2.06. The molecule has 1 heterocycles. The number of carbonyl (C=O) groups excluding carboxylic acids is 1. The number of benzene rings is 2. The molecule has 22 heavy (non-hydrogen) atoms. The normalized spacial score (nSPS) is 10.8. The van der Waals surface area contributed by atoms with E-state index in [0.29, 0.717) is 6.42 Å². The largest absolute Gasteiger partial charge is 0.294 e. The number of para-hydroxylation sites is 1. The number of Topliss-reactive ketones (excluding diaryl/α,β-unsaturated/α-hetero) is 1. The highest BCUT2D eigenvalue weighted by Crippen LogP contribution is 2.18. The van der Waals surface area contributed by atoms with Gasteiger partial charge in [0, 0.05) is 23.6 Å². The molecule has 0 aliphatic rings. The Morgan fingerprint density at radius 1 is 1.00 bits per heavy atom. The van der Waals surface area contributed by atoms with Crippen LogP contribution >= 0.6 is 0 Å². The van der Waals surface area contributed by atoms with E-state index in [1.165, 1.54) is 11.1 Å². The third kappa shape index (κ3) is 3.22. The lowest BCUT2D eigenvalue weighted by atomic mass is 10.0. The molecule has 0 bridgehead atoms. The molecule has 0 N–H and O–H groups in total. The Hall–Kier alpha value is -2.48. The number of ketones is 1. The SMILES string of the molecule is Cc1ccc(C(=O)CCCc2cccc3cccnc23)cc1. The standard InChI is InChI=1S/C20H19NO/c1-15-10-12-16(13-11-15)19(22)9-3-7-17-5-2-6-18-8-4-14-21-20(17)18/h2,4-6,8,10-14H,3,7,9H2,1H3. The van der Waals surface area contributed by atoms with Gasteiger partial charge in [0.2, 0.25) is 0 Å². The van der Waals surface area contributed by atoms with Crippen molar-refractivity contribution in [1.82, 2.24) is 4.98 Å². The fraction of sp³-hybridized carbons (Fsp3) is 0.200. The molecule has 0 atom stereocenters. The van der Waals surface area contributed by atoms with E-state index in [0.717, 1.165) is 29.3 Å². The van der Waals surface area contributed by atoms with E-state index in [-0.39, 0.29) is 5.78 Å². The maximum absolute atomic E-state index is 12.2. The van der Waals surface area contributed by atoms with Gasteiger partial charge in [-0.2, -0.15) is 0 Å². The molecule has 0 unspecified atom stereocenters.